The van der Waals surface area contributed by atoms with Gasteiger partial charge in [-0.1, -0.05) is 48.5 Å². The zero-order valence-electron chi connectivity index (χ0n) is 11.4. The summed E-state index contributed by atoms with van der Waals surface area (Å²) in [5.74, 6) is 0. The minimum absolute atomic E-state index is 0. The van der Waals surface area contributed by atoms with Crippen molar-refractivity contribution in [3.63, 3.8) is 0 Å². The number of halogens is 4. The molecule has 0 aliphatic carbocycles. The molecule has 2 aromatic rings. The minimum atomic E-state index is -4.29. The Morgan fingerprint density at radius 3 is 2.14 bits per heavy atom. The molecule has 0 bridgehead atoms. The molecule has 0 saturated heterocycles. The Morgan fingerprint density at radius 2 is 1.48 bits per heavy atom. The number of hydrogen-bond donors (Lipinski definition) is 1. The van der Waals surface area contributed by atoms with Crippen LogP contribution in [0.1, 0.15) is 16.7 Å². The van der Waals surface area contributed by atoms with Crippen LogP contribution < -0.4 is 5.32 Å². The highest BCUT2D eigenvalue weighted by atomic mass is 35.5. The summed E-state index contributed by atoms with van der Waals surface area (Å²) in [6.45, 7) is 0.874. The highest BCUT2D eigenvalue weighted by Gasteiger charge is 2.32. The van der Waals surface area contributed by atoms with E-state index in [0.29, 0.717) is 6.54 Å². The smallest absolute Gasteiger partial charge is 0.312 e. The number of alkyl halides is 3. The summed E-state index contributed by atoms with van der Waals surface area (Å²) >= 11 is 0. The molecule has 21 heavy (non-hydrogen) atoms. The zero-order chi connectivity index (χ0) is 14.4. The van der Waals surface area contributed by atoms with Crippen molar-refractivity contribution in [2.45, 2.75) is 19.1 Å². The monoisotopic (exact) mass is 315 g/mol. The molecule has 0 aliphatic heterocycles. The summed E-state index contributed by atoms with van der Waals surface area (Å²) < 4.78 is 38.4. The van der Waals surface area contributed by atoms with Crippen LogP contribution >= 0.6 is 12.4 Å². The largest absolute Gasteiger partial charge is 0.416 e. The summed E-state index contributed by atoms with van der Waals surface area (Å²) in [6, 6.07) is 15.5. The second-order valence-corrected chi connectivity index (χ2v) is 4.57. The summed E-state index contributed by atoms with van der Waals surface area (Å²) in [7, 11) is 0. The fourth-order valence-corrected chi connectivity index (χ4v) is 2.05. The van der Waals surface area contributed by atoms with Gasteiger partial charge in [0, 0.05) is 6.54 Å². The van der Waals surface area contributed by atoms with Crippen molar-refractivity contribution < 1.29 is 13.2 Å². The van der Waals surface area contributed by atoms with E-state index in [0.717, 1.165) is 12.5 Å². The molecule has 2 aromatic carbocycles. The molecule has 0 saturated carbocycles. The summed E-state index contributed by atoms with van der Waals surface area (Å²) in [5.41, 5.74) is 0.893. The summed E-state index contributed by atoms with van der Waals surface area (Å²) in [4.78, 5) is 0. The van der Waals surface area contributed by atoms with Gasteiger partial charge in [0.25, 0.3) is 0 Å². The number of hydrogen-bond acceptors (Lipinski definition) is 1. The van der Waals surface area contributed by atoms with Crippen molar-refractivity contribution in [1.82, 2.24) is 5.32 Å². The number of benzene rings is 2. The molecule has 5 heteroatoms. The van der Waals surface area contributed by atoms with Crippen molar-refractivity contribution in [3.8, 4) is 0 Å². The molecule has 114 valence electrons. The third kappa shape index (κ3) is 5.40. The van der Waals surface area contributed by atoms with Crippen LogP contribution in [0.2, 0.25) is 0 Å². The predicted octanol–water partition coefficient (Wildman–Crippen LogP) is 4.46. The molecule has 0 spiro atoms. The average Bonchev–Trinajstić information content (AvgIpc) is 2.44. The lowest BCUT2D eigenvalue weighted by Crippen LogP contribution is -2.19. The second kappa shape index (κ2) is 8.05. The lowest BCUT2D eigenvalue weighted by atomic mass is 10.1. The normalized spacial score (nSPS) is 11.0. The van der Waals surface area contributed by atoms with Gasteiger partial charge in [-0.25, -0.2) is 0 Å². The molecule has 0 amide bonds. The Balaban J connectivity index is 0.00000220. The van der Waals surface area contributed by atoms with E-state index in [1.54, 1.807) is 6.07 Å². The van der Waals surface area contributed by atoms with Crippen LogP contribution in [0.15, 0.2) is 54.6 Å². The van der Waals surface area contributed by atoms with E-state index in [-0.39, 0.29) is 24.5 Å². The first-order valence-corrected chi connectivity index (χ1v) is 6.47. The zero-order valence-corrected chi connectivity index (χ0v) is 12.2. The molecule has 0 atom stereocenters. The Bertz CT molecular complexity index is 541. The quantitative estimate of drug-likeness (QED) is 0.803. The first-order chi connectivity index (χ1) is 9.57. The van der Waals surface area contributed by atoms with Gasteiger partial charge in [0.1, 0.15) is 0 Å². The number of nitrogens with one attached hydrogen (secondary N) is 1. The third-order valence-electron chi connectivity index (χ3n) is 3.07. The van der Waals surface area contributed by atoms with Crippen molar-refractivity contribution >= 4 is 12.4 Å². The maximum atomic E-state index is 12.8. The van der Waals surface area contributed by atoms with Gasteiger partial charge < -0.3 is 5.32 Å². The lowest BCUT2D eigenvalue weighted by molar-refractivity contribution is -0.138. The van der Waals surface area contributed by atoms with Gasteiger partial charge in [-0.3, -0.25) is 0 Å². The maximum Gasteiger partial charge on any atom is 0.416 e. The number of rotatable bonds is 5. The first kappa shape index (κ1) is 17.5. The van der Waals surface area contributed by atoms with E-state index in [1.165, 1.54) is 17.7 Å². The highest BCUT2D eigenvalue weighted by molar-refractivity contribution is 5.85. The molecule has 0 unspecified atom stereocenters. The molecule has 1 nitrogen and oxygen atoms in total. The molecule has 1 N–H and O–H groups in total. The molecular formula is C16H17ClF3N. The average molecular weight is 316 g/mol. The van der Waals surface area contributed by atoms with E-state index in [4.69, 9.17) is 0 Å². The Hall–Kier alpha value is -1.52. The van der Waals surface area contributed by atoms with Crippen LogP contribution in [0, 0.1) is 0 Å². The molecule has 2 rings (SSSR count). The van der Waals surface area contributed by atoms with Gasteiger partial charge >= 0.3 is 6.18 Å². The van der Waals surface area contributed by atoms with Crippen LogP contribution in [-0.2, 0) is 19.1 Å². The summed E-state index contributed by atoms with van der Waals surface area (Å²) in [6.07, 6.45) is -3.49. The Kier molecular flexibility index (Phi) is 6.72. The van der Waals surface area contributed by atoms with Gasteiger partial charge in [-0.2, -0.15) is 13.2 Å². The third-order valence-corrected chi connectivity index (χ3v) is 3.07. The van der Waals surface area contributed by atoms with E-state index >= 15 is 0 Å². The standard InChI is InChI=1S/C16H16F3N.ClH/c17-16(18,19)15-9-5-4-8-14(15)12-20-11-10-13-6-2-1-3-7-13;/h1-9,20H,10-12H2;1H. The van der Waals surface area contributed by atoms with Gasteiger partial charge in [0.15, 0.2) is 0 Å². The van der Waals surface area contributed by atoms with E-state index in [1.807, 2.05) is 30.3 Å². The molecule has 0 fully saturated rings. The fraction of sp³-hybridized carbons (Fsp3) is 0.250. The second-order valence-electron chi connectivity index (χ2n) is 4.57. The molecule has 0 radical (unpaired) electrons. The topological polar surface area (TPSA) is 12.0 Å². The van der Waals surface area contributed by atoms with Crippen LogP contribution in [0.4, 0.5) is 13.2 Å². The van der Waals surface area contributed by atoms with E-state index in [2.05, 4.69) is 5.32 Å². The SMILES string of the molecule is Cl.FC(F)(F)c1ccccc1CNCCc1ccccc1. The maximum absolute atomic E-state index is 12.8. The van der Waals surface area contributed by atoms with E-state index in [9.17, 15) is 13.2 Å². The van der Waals surface area contributed by atoms with Crippen molar-refractivity contribution in [2.24, 2.45) is 0 Å². The van der Waals surface area contributed by atoms with Gasteiger partial charge in [-0.15, -0.1) is 12.4 Å². The fourth-order valence-electron chi connectivity index (χ4n) is 2.05. The molecule has 0 heterocycles. The van der Waals surface area contributed by atoms with Gasteiger partial charge in [-0.05, 0) is 30.2 Å². The Morgan fingerprint density at radius 1 is 0.857 bits per heavy atom. The molecule has 0 aliphatic rings. The predicted molar refractivity (Wildman–Crippen MR) is 80.5 cm³/mol. The highest BCUT2D eigenvalue weighted by Crippen LogP contribution is 2.31. The van der Waals surface area contributed by atoms with Crippen molar-refractivity contribution in [1.29, 1.82) is 0 Å². The Labute approximate surface area is 128 Å². The van der Waals surface area contributed by atoms with Crippen LogP contribution in [0.5, 0.6) is 0 Å². The molecule has 0 aromatic heterocycles. The van der Waals surface area contributed by atoms with Crippen LogP contribution in [-0.4, -0.2) is 6.54 Å². The lowest BCUT2D eigenvalue weighted by Gasteiger charge is -2.13. The van der Waals surface area contributed by atoms with Crippen LogP contribution in [0.3, 0.4) is 0 Å². The van der Waals surface area contributed by atoms with Gasteiger partial charge in [0.05, 0.1) is 5.56 Å². The van der Waals surface area contributed by atoms with Crippen molar-refractivity contribution in [3.05, 3.63) is 71.3 Å². The van der Waals surface area contributed by atoms with E-state index < -0.39 is 11.7 Å². The molecular weight excluding hydrogens is 299 g/mol. The first-order valence-electron chi connectivity index (χ1n) is 6.47. The minimum Gasteiger partial charge on any atom is -0.312 e. The summed E-state index contributed by atoms with van der Waals surface area (Å²) in [5, 5.41) is 3.06. The van der Waals surface area contributed by atoms with Crippen molar-refractivity contribution in [2.75, 3.05) is 6.54 Å². The van der Waals surface area contributed by atoms with Crippen LogP contribution in [0.25, 0.3) is 0 Å². The van der Waals surface area contributed by atoms with Gasteiger partial charge in [0.2, 0.25) is 0 Å².